The number of rotatable bonds is 5. The average Bonchev–Trinajstić information content (AvgIpc) is 2.61. The van der Waals surface area contributed by atoms with Crippen molar-refractivity contribution in [2.24, 2.45) is 0 Å². The third-order valence-corrected chi connectivity index (χ3v) is 4.48. The van der Waals surface area contributed by atoms with Crippen molar-refractivity contribution in [3.05, 3.63) is 65.2 Å². The van der Waals surface area contributed by atoms with E-state index in [0.717, 1.165) is 0 Å². The van der Waals surface area contributed by atoms with Gasteiger partial charge in [0, 0.05) is 19.2 Å². The molecular formula is C19H19NO5. The third kappa shape index (κ3) is 3.08. The molecule has 6 heteroatoms. The molecule has 2 aromatic carbocycles. The van der Waals surface area contributed by atoms with Crippen LogP contribution in [0, 0.1) is 0 Å². The molecule has 0 saturated carbocycles. The Balaban J connectivity index is 2.16. The maximum absolute atomic E-state index is 13.0. The first-order chi connectivity index (χ1) is 12.0. The zero-order valence-corrected chi connectivity index (χ0v) is 13.8. The minimum atomic E-state index is -1.000. The molecule has 0 fully saturated rings. The van der Waals surface area contributed by atoms with Crippen molar-refractivity contribution < 1.29 is 24.5 Å². The molecule has 1 aliphatic rings. The number of nitrogens with zero attached hydrogens (tertiary/aromatic N) is 1. The second kappa shape index (κ2) is 6.94. The molecule has 130 valence electrons. The Morgan fingerprint density at radius 3 is 2.48 bits per heavy atom. The van der Waals surface area contributed by atoms with Crippen molar-refractivity contribution in [3.8, 4) is 5.75 Å². The first kappa shape index (κ1) is 17.0. The highest BCUT2D eigenvalue weighted by Gasteiger charge is 2.43. The number of carbonyl (C=O) groups excluding carboxylic acids is 1. The Hall–Kier alpha value is -2.86. The van der Waals surface area contributed by atoms with Gasteiger partial charge in [0.15, 0.2) is 0 Å². The number of amides is 1. The Kier molecular flexibility index (Phi) is 4.72. The molecule has 0 radical (unpaired) electrons. The molecule has 2 aromatic rings. The monoisotopic (exact) mass is 341 g/mol. The second-order valence-corrected chi connectivity index (χ2v) is 5.93. The maximum atomic E-state index is 13.0. The first-order valence-corrected chi connectivity index (χ1v) is 7.95. The minimum Gasteiger partial charge on any atom is -0.508 e. The van der Waals surface area contributed by atoms with E-state index in [1.807, 2.05) is 0 Å². The number of benzene rings is 2. The maximum Gasteiger partial charge on any atom is 0.313 e. The molecule has 25 heavy (non-hydrogen) atoms. The molecule has 6 nitrogen and oxygen atoms in total. The van der Waals surface area contributed by atoms with E-state index in [1.54, 1.807) is 36.4 Å². The van der Waals surface area contributed by atoms with Crippen LogP contribution >= 0.6 is 0 Å². The van der Waals surface area contributed by atoms with Crippen LogP contribution in [0.25, 0.3) is 0 Å². The Labute approximate surface area is 145 Å². The summed E-state index contributed by atoms with van der Waals surface area (Å²) in [6, 6.07) is 12.4. The van der Waals surface area contributed by atoms with Gasteiger partial charge in [-0.1, -0.05) is 30.3 Å². The fourth-order valence-corrected chi connectivity index (χ4v) is 3.34. The van der Waals surface area contributed by atoms with Crippen LogP contribution in [0.4, 0.5) is 0 Å². The molecule has 0 saturated heterocycles. The van der Waals surface area contributed by atoms with Gasteiger partial charge in [-0.15, -0.1) is 0 Å². The summed E-state index contributed by atoms with van der Waals surface area (Å²) >= 11 is 0. The first-order valence-electron chi connectivity index (χ1n) is 7.95. The van der Waals surface area contributed by atoms with E-state index < -0.39 is 17.9 Å². The molecule has 2 atom stereocenters. The number of hydrogen-bond donors (Lipinski definition) is 2. The van der Waals surface area contributed by atoms with Gasteiger partial charge in [0.2, 0.25) is 0 Å². The molecule has 0 spiro atoms. The topological polar surface area (TPSA) is 87.1 Å². The van der Waals surface area contributed by atoms with Crippen LogP contribution in [0.2, 0.25) is 0 Å². The van der Waals surface area contributed by atoms with Crippen LogP contribution in [0.1, 0.15) is 33.4 Å². The third-order valence-electron chi connectivity index (χ3n) is 4.48. The number of aliphatic carboxylic acids is 1. The smallest absolute Gasteiger partial charge is 0.313 e. The van der Waals surface area contributed by atoms with Gasteiger partial charge < -0.3 is 19.8 Å². The lowest BCUT2D eigenvalue weighted by Gasteiger charge is -2.40. The molecular weight excluding hydrogens is 322 g/mol. The van der Waals surface area contributed by atoms with Crippen LogP contribution in [0.15, 0.2) is 48.5 Å². The second-order valence-electron chi connectivity index (χ2n) is 5.93. The largest absolute Gasteiger partial charge is 0.508 e. The highest BCUT2D eigenvalue weighted by atomic mass is 16.5. The molecule has 3 rings (SSSR count). The Bertz CT molecular complexity index is 787. The zero-order chi connectivity index (χ0) is 18.0. The summed E-state index contributed by atoms with van der Waals surface area (Å²) in [7, 11) is 1.53. The van der Waals surface area contributed by atoms with Crippen LogP contribution in [0.3, 0.4) is 0 Å². The van der Waals surface area contributed by atoms with Gasteiger partial charge >= 0.3 is 5.97 Å². The lowest BCUT2D eigenvalue weighted by Crippen LogP contribution is -2.46. The standard InChI is InChI=1S/C19H19NO5/c1-25-11-10-20-17(12-6-8-13(21)9-7-12)16(19(23)24)14-4-2-3-5-15(14)18(20)22/h2-9,16-17,21H,10-11H2,1H3,(H,23,24). The van der Waals surface area contributed by atoms with E-state index >= 15 is 0 Å². The van der Waals surface area contributed by atoms with Crippen molar-refractivity contribution >= 4 is 11.9 Å². The molecule has 0 aliphatic carbocycles. The summed E-state index contributed by atoms with van der Waals surface area (Å²) < 4.78 is 5.10. The number of hydrogen-bond acceptors (Lipinski definition) is 4. The van der Waals surface area contributed by atoms with Gasteiger partial charge in [-0.25, -0.2) is 0 Å². The molecule has 1 heterocycles. The van der Waals surface area contributed by atoms with Gasteiger partial charge in [-0.3, -0.25) is 9.59 Å². The van der Waals surface area contributed by atoms with Crippen molar-refractivity contribution in [3.63, 3.8) is 0 Å². The van der Waals surface area contributed by atoms with Gasteiger partial charge in [0.1, 0.15) is 11.7 Å². The van der Waals surface area contributed by atoms with Gasteiger partial charge in [0.05, 0.1) is 12.6 Å². The summed E-state index contributed by atoms with van der Waals surface area (Å²) in [5.41, 5.74) is 1.57. The number of carbonyl (C=O) groups is 2. The lowest BCUT2D eigenvalue weighted by atomic mass is 9.80. The summed E-state index contributed by atoms with van der Waals surface area (Å²) in [6.45, 7) is 0.577. The van der Waals surface area contributed by atoms with E-state index in [4.69, 9.17) is 4.74 Å². The Morgan fingerprint density at radius 1 is 1.16 bits per heavy atom. The highest BCUT2D eigenvalue weighted by molar-refractivity contribution is 6.00. The number of phenolic OH excluding ortho intramolecular Hbond substituents is 1. The number of fused-ring (bicyclic) bond motifs is 1. The highest BCUT2D eigenvalue weighted by Crippen LogP contribution is 2.42. The fraction of sp³-hybridized carbons (Fsp3) is 0.263. The average molecular weight is 341 g/mol. The normalized spacial score (nSPS) is 19.6. The van der Waals surface area contributed by atoms with Crippen LogP contribution < -0.4 is 0 Å². The number of carboxylic acids is 1. The minimum absolute atomic E-state index is 0.0848. The van der Waals surface area contributed by atoms with Crippen molar-refractivity contribution in [2.45, 2.75) is 12.0 Å². The predicted molar refractivity (Wildman–Crippen MR) is 90.6 cm³/mol. The quantitative estimate of drug-likeness (QED) is 0.872. The summed E-state index contributed by atoms with van der Waals surface area (Å²) in [5.74, 6) is -2.03. The van der Waals surface area contributed by atoms with E-state index in [2.05, 4.69) is 0 Å². The molecule has 2 N–H and O–H groups in total. The predicted octanol–water partition coefficient (Wildman–Crippen LogP) is 2.40. The van der Waals surface area contributed by atoms with E-state index in [-0.39, 0.29) is 18.2 Å². The zero-order valence-electron chi connectivity index (χ0n) is 13.8. The molecule has 0 aromatic heterocycles. The van der Waals surface area contributed by atoms with Gasteiger partial charge in [0.25, 0.3) is 5.91 Å². The summed E-state index contributed by atoms with van der Waals surface area (Å²) in [5, 5.41) is 19.4. The van der Waals surface area contributed by atoms with Crippen LogP contribution in [0.5, 0.6) is 5.75 Å². The van der Waals surface area contributed by atoms with Crippen LogP contribution in [-0.2, 0) is 9.53 Å². The number of carboxylic acid groups (broad SMARTS) is 1. The SMILES string of the molecule is COCCN1C(=O)c2ccccc2C(C(=O)O)C1c1ccc(O)cc1. The van der Waals surface area contributed by atoms with Gasteiger partial charge in [-0.2, -0.15) is 0 Å². The number of ether oxygens (including phenoxy) is 1. The fourth-order valence-electron chi connectivity index (χ4n) is 3.34. The van der Waals surface area contributed by atoms with Crippen molar-refractivity contribution in [2.75, 3.05) is 20.3 Å². The number of methoxy groups -OCH3 is 1. The van der Waals surface area contributed by atoms with Gasteiger partial charge in [-0.05, 0) is 29.3 Å². The molecule has 0 bridgehead atoms. The lowest BCUT2D eigenvalue weighted by molar-refractivity contribution is -0.140. The molecule has 2 unspecified atom stereocenters. The van der Waals surface area contributed by atoms with Crippen molar-refractivity contribution in [1.82, 2.24) is 4.90 Å². The van der Waals surface area contributed by atoms with E-state index in [0.29, 0.717) is 23.3 Å². The van der Waals surface area contributed by atoms with Crippen molar-refractivity contribution in [1.29, 1.82) is 0 Å². The number of phenols is 1. The van der Waals surface area contributed by atoms with Crippen LogP contribution in [-0.4, -0.2) is 47.3 Å². The van der Waals surface area contributed by atoms with E-state index in [1.165, 1.54) is 24.1 Å². The van der Waals surface area contributed by atoms with E-state index in [9.17, 15) is 19.8 Å². The Morgan fingerprint density at radius 2 is 1.84 bits per heavy atom. The molecule has 1 aliphatic heterocycles. The number of aromatic hydroxyl groups is 1. The summed E-state index contributed by atoms with van der Waals surface area (Å²) in [4.78, 5) is 26.6. The summed E-state index contributed by atoms with van der Waals surface area (Å²) in [6.07, 6.45) is 0. The molecule has 1 amide bonds.